The Morgan fingerprint density at radius 1 is 0.963 bits per heavy atom. The van der Waals surface area contributed by atoms with Gasteiger partial charge in [-0.1, -0.05) is 6.07 Å². The van der Waals surface area contributed by atoms with Gasteiger partial charge in [0, 0.05) is 43.3 Å². The van der Waals surface area contributed by atoms with Crippen molar-refractivity contribution in [1.82, 2.24) is 34.4 Å². The van der Waals surface area contributed by atoms with Gasteiger partial charge in [0.15, 0.2) is 5.82 Å². The number of nitrogens with zero attached hydrogens (tertiary/aromatic N) is 7. The van der Waals surface area contributed by atoms with Crippen molar-refractivity contribution < 1.29 is 0 Å². The number of likely N-dealkylation sites (tertiary alicyclic amines) is 1. The lowest BCUT2D eigenvalue weighted by molar-refractivity contribution is 0.199. The van der Waals surface area contributed by atoms with E-state index in [2.05, 4.69) is 35.8 Å². The fourth-order valence-corrected chi connectivity index (χ4v) is 4.09. The third kappa shape index (κ3) is 3.64. The second-order valence-electron chi connectivity index (χ2n) is 7.69. The first-order valence-electron chi connectivity index (χ1n) is 9.89. The third-order valence-electron chi connectivity index (χ3n) is 5.65. The molecule has 0 aromatic carbocycles. The molecule has 0 unspecified atom stereocenters. The average Bonchev–Trinajstić information content (AvgIpc) is 3.25. The van der Waals surface area contributed by atoms with Crippen LogP contribution in [-0.2, 0) is 13.1 Å². The van der Waals surface area contributed by atoms with Crippen LogP contribution in [0.4, 0.5) is 0 Å². The van der Waals surface area contributed by atoms with Crippen molar-refractivity contribution in [3.05, 3.63) is 60.2 Å². The number of hydrogen-bond acceptors (Lipinski definition) is 5. The Bertz CT molecular complexity index is 859. The van der Waals surface area contributed by atoms with Gasteiger partial charge in [-0.2, -0.15) is 5.10 Å². The standard InChI is InChI=1S/C20H25N7/c1-3-16(13-21-8-1)14-25-11-6-17(7-12-25)20-24-23-19(27(20)18-4-5-18)15-26-10-2-9-22-26/h1-3,8-10,13,17-18H,4-7,11-12,14-15H2. The van der Waals surface area contributed by atoms with Crippen molar-refractivity contribution in [2.24, 2.45) is 0 Å². The maximum Gasteiger partial charge on any atom is 0.155 e. The Kier molecular flexibility index (Phi) is 4.45. The first-order valence-corrected chi connectivity index (χ1v) is 9.89. The summed E-state index contributed by atoms with van der Waals surface area (Å²) in [5.41, 5.74) is 1.29. The van der Waals surface area contributed by atoms with E-state index in [0.717, 1.165) is 38.3 Å². The van der Waals surface area contributed by atoms with Gasteiger partial charge in [-0.05, 0) is 56.5 Å². The van der Waals surface area contributed by atoms with Crippen molar-refractivity contribution in [1.29, 1.82) is 0 Å². The van der Waals surface area contributed by atoms with Crippen LogP contribution in [-0.4, -0.2) is 47.5 Å². The fourth-order valence-electron chi connectivity index (χ4n) is 4.09. The van der Waals surface area contributed by atoms with E-state index < -0.39 is 0 Å². The highest BCUT2D eigenvalue weighted by molar-refractivity contribution is 5.11. The zero-order chi connectivity index (χ0) is 18.1. The number of aromatic nitrogens is 6. The summed E-state index contributed by atoms with van der Waals surface area (Å²) in [6.07, 6.45) is 12.4. The summed E-state index contributed by atoms with van der Waals surface area (Å²) >= 11 is 0. The van der Waals surface area contributed by atoms with E-state index in [0.29, 0.717) is 18.5 Å². The molecule has 0 bridgehead atoms. The molecule has 1 aliphatic carbocycles. The van der Waals surface area contributed by atoms with E-state index >= 15 is 0 Å². The van der Waals surface area contributed by atoms with Gasteiger partial charge in [0.25, 0.3) is 0 Å². The molecular weight excluding hydrogens is 338 g/mol. The Balaban J connectivity index is 1.27. The number of pyridine rings is 1. The smallest absolute Gasteiger partial charge is 0.155 e. The molecule has 0 N–H and O–H groups in total. The molecule has 0 radical (unpaired) electrons. The maximum atomic E-state index is 4.63. The second kappa shape index (κ2) is 7.23. The quantitative estimate of drug-likeness (QED) is 0.674. The van der Waals surface area contributed by atoms with Crippen molar-refractivity contribution in [3.63, 3.8) is 0 Å². The molecule has 7 heteroatoms. The van der Waals surface area contributed by atoms with Crippen molar-refractivity contribution in [2.45, 2.75) is 50.7 Å². The summed E-state index contributed by atoms with van der Waals surface area (Å²) in [6.45, 7) is 3.90. The highest BCUT2D eigenvalue weighted by atomic mass is 15.3. The van der Waals surface area contributed by atoms with Crippen LogP contribution in [0.15, 0.2) is 43.0 Å². The summed E-state index contributed by atoms with van der Waals surface area (Å²) in [6, 6.07) is 6.72. The molecule has 7 nitrogen and oxygen atoms in total. The number of rotatable bonds is 6. The Labute approximate surface area is 159 Å². The fraction of sp³-hybridized carbons (Fsp3) is 0.500. The van der Waals surface area contributed by atoms with E-state index in [-0.39, 0.29) is 0 Å². The van der Waals surface area contributed by atoms with E-state index in [1.807, 2.05) is 41.6 Å². The molecule has 3 aromatic rings. The van der Waals surface area contributed by atoms with Crippen molar-refractivity contribution in [3.8, 4) is 0 Å². The molecule has 1 saturated heterocycles. The molecule has 3 aromatic heterocycles. The summed E-state index contributed by atoms with van der Waals surface area (Å²) < 4.78 is 4.35. The van der Waals surface area contributed by atoms with Crippen LogP contribution in [0.3, 0.4) is 0 Å². The molecule has 2 aliphatic rings. The Hall–Kier alpha value is -2.54. The summed E-state index contributed by atoms with van der Waals surface area (Å²) in [7, 11) is 0. The zero-order valence-corrected chi connectivity index (χ0v) is 15.5. The van der Waals surface area contributed by atoms with Gasteiger partial charge < -0.3 is 4.57 Å². The Morgan fingerprint density at radius 2 is 1.85 bits per heavy atom. The molecule has 0 amide bonds. The summed E-state index contributed by atoms with van der Waals surface area (Å²) in [5.74, 6) is 2.75. The minimum Gasteiger partial charge on any atom is -0.310 e. The minimum absolute atomic E-state index is 0.509. The lowest BCUT2D eigenvalue weighted by Crippen LogP contribution is -2.33. The van der Waals surface area contributed by atoms with Crippen LogP contribution >= 0.6 is 0 Å². The maximum absolute atomic E-state index is 4.63. The third-order valence-corrected chi connectivity index (χ3v) is 5.65. The van der Waals surface area contributed by atoms with Gasteiger partial charge in [0.2, 0.25) is 0 Å². The summed E-state index contributed by atoms with van der Waals surface area (Å²) in [5, 5.41) is 13.5. The molecule has 5 rings (SSSR count). The van der Waals surface area contributed by atoms with Crippen LogP contribution in [0, 0.1) is 0 Å². The Morgan fingerprint density at radius 3 is 2.56 bits per heavy atom. The molecule has 1 saturated carbocycles. The largest absolute Gasteiger partial charge is 0.310 e. The van der Waals surface area contributed by atoms with Gasteiger partial charge in [-0.3, -0.25) is 14.6 Å². The first kappa shape index (κ1) is 16.6. The SMILES string of the molecule is c1cncc(CN2CCC(c3nnc(Cn4cccn4)n3C3CC3)CC2)c1. The van der Waals surface area contributed by atoms with E-state index in [4.69, 9.17) is 0 Å². The predicted octanol–water partition coefficient (Wildman–Crippen LogP) is 2.63. The monoisotopic (exact) mass is 363 g/mol. The minimum atomic E-state index is 0.509. The van der Waals surface area contributed by atoms with Gasteiger partial charge in [-0.15, -0.1) is 10.2 Å². The molecule has 2 fully saturated rings. The van der Waals surface area contributed by atoms with Crippen LogP contribution in [0.1, 0.15) is 54.9 Å². The first-order chi connectivity index (χ1) is 13.4. The molecule has 140 valence electrons. The highest BCUT2D eigenvalue weighted by Crippen LogP contribution is 2.40. The van der Waals surface area contributed by atoms with Crippen molar-refractivity contribution >= 4 is 0 Å². The van der Waals surface area contributed by atoms with Crippen LogP contribution in [0.5, 0.6) is 0 Å². The molecule has 27 heavy (non-hydrogen) atoms. The summed E-state index contributed by atoms with van der Waals surface area (Å²) in [4.78, 5) is 6.75. The molecule has 0 spiro atoms. The van der Waals surface area contributed by atoms with Gasteiger partial charge >= 0.3 is 0 Å². The zero-order valence-electron chi connectivity index (χ0n) is 15.5. The molecule has 0 atom stereocenters. The predicted molar refractivity (Wildman–Crippen MR) is 101 cm³/mol. The average molecular weight is 363 g/mol. The number of piperidine rings is 1. The van der Waals surface area contributed by atoms with Crippen LogP contribution in [0.25, 0.3) is 0 Å². The lowest BCUT2D eigenvalue weighted by atomic mass is 9.95. The topological polar surface area (TPSA) is 64.7 Å². The highest BCUT2D eigenvalue weighted by Gasteiger charge is 2.33. The van der Waals surface area contributed by atoms with Gasteiger partial charge in [0.05, 0.1) is 0 Å². The van der Waals surface area contributed by atoms with Gasteiger partial charge in [-0.25, -0.2) is 0 Å². The number of hydrogen-bond donors (Lipinski definition) is 0. The van der Waals surface area contributed by atoms with E-state index in [9.17, 15) is 0 Å². The lowest BCUT2D eigenvalue weighted by Gasteiger charge is -2.31. The van der Waals surface area contributed by atoms with Crippen LogP contribution < -0.4 is 0 Å². The normalized spacial score (nSPS) is 18.8. The molecular formula is C20H25N7. The van der Waals surface area contributed by atoms with Crippen LogP contribution in [0.2, 0.25) is 0 Å². The second-order valence-corrected chi connectivity index (χ2v) is 7.69. The van der Waals surface area contributed by atoms with Crippen molar-refractivity contribution in [2.75, 3.05) is 13.1 Å². The molecule has 1 aliphatic heterocycles. The molecule has 4 heterocycles. The van der Waals surface area contributed by atoms with Gasteiger partial charge in [0.1, 0.15) is 12.4 Å². The van der Waals surface area contributed by atoms with E-state index in [1.54, 1.807) is 0 Å². The van der Waals surface area contributed by atoms with E-state index in [1.165, 1.54) is 24.2 Å².